The molecule has 0 spiro atoms. The molecule has 1 saturated carbocycles. The lowest BCUT2D eigenvalue weighted by Crippen LogP contribution is -2.48. The predicted octanol–water partition coefficient (Wildman–Crippen LogP) is 4.64. The van der Waals surface area contributed by atoms with E-state index < -0.39 is 5.41 Å². The largest absolute Gasteiger partial charge is 0.464 e. The van der Waals surface area contributed by atoms with E-state index in [1.54, 1.807) is 56.0 Å². The number of pyridine rings is 2. The Bertz CT molecular complexity index is 1790. The molecule has 0 bridgehead atoms. The molecule has 1 aliphatic heterocycles. The number of rotatable bonds is 10. The number of anilines is 2. The lowest BCUT2D eigenvalue weighted by molar-refractivity contribution is -0.137. The van der Waals surface area contributed by atoms with Crippen LogP contribution in [0.2, 0.25) is 0 Å². The number of ether oxygens (including phenoxy) is 1. The predicted molar refractivity (Wildman–Crippen MR) is 168 cm³/mol. The summed E-state index contributed by atoms with van der Waals surface area (Å²) in [6.45, 7) is 7.96. The number of methoxy groups -OCH3 is 1. The molecule has 0 radical (unpaired) electrons. The molecule has 2 aliphatic rings. The second-order valence-electron chi connectivity index (χ2n) is 12.4. The molecule has 0 saturated heterocycles. The number of benzene rings is 1. The minimum atomic E-state index is -1.15. The first-order chi connectivity index (χ1) is 21.1. The van der Waals surface area contributed by atoms with Crippen molar-refractivity contribution in [3.63, 3.8) is 0 Å². The summed E-state index contributed by atoms with van der Waals surface area (Å²) >= 11 is 0. The number of aromatic nitrogens is 2. The van der Waals surface area contributed by atoms with Crippen LogP contribution in [-0.4, -0.2) is 53.0 Å². The van der Waals surface area contributed by atoms with Crippen LogP contribution in [0, 0.1) is 12.3 Å². The smallest absolute Gasteiger partial charge is 0.261 e. The number of hydrogen-bond acceptors (Lipinski definition) is 7. The van der Waals surface area contributed by atoms with E-state index in [-0.39, 0.29) is 23.4 Å². The highest BCUT2D eigenvalue weighted by Crippen LogP contribution is 2.44. The molecule has 10 nitrogen and oxygen atoms in total. The fraction of sp³-hybridized carbons (Fsp3) is 0.412. The number of nitrogens with zero attached hydrogens (tertiary/aromatic N) is 5. The van der Waals surface area contributed by atoms with Gasteiger partial charge in [0.1, 0.15) is 11.0 Å². The van der Waals surface area contributed by atoms with Gasteiger partial charge in [-0.15, -0.1) is 0 Å². The van der Waals surface area contributed by atoms with Crippen molar-refractivity contribution in [2.75, 3.05) is 30.5 Å². The molecule has 3 aromatic heterocycles. The fourth-order valence-electron chi connectivity index (χ4n) is 6.16. The molecule has 4 aromatic rings. The topological polar surface area (TPSA) is 101 Å². The second-order valence-corrected chi connectivity index (χ2v) is 12.4. The summed E-state index contributed by atoms with van der Waals surface area (Å²) < 4.78 is 12.7. The van der Waals surface area contributed by atoms with Gasteiger partial charge in [-0.2, -0.15) is 0 Å². The molecule has 1 fully saturated rings. The van der Waals surface area contributed by atoms with Crippen molar-refractivity contribution in [3.8, 4) is 0 Å². The van der Waals surface area contributed by atoms with Gasteiger partial charge in [-0.05, 0) is 69.0 Å². The summed E-state index contributed by atoms with van der Waals surface area (Å²) in [6.07, 6.45) is 7.04. The number of carbonyl (C=O) groups excluding carboxylic acids is 2. The summed E-state index contributed by atoms with van der Waals surface area (Å²) in [4.78, 5) is 50.6. The lowest BCUT2D eigenvalue weighted by Gasteiger charge is -2.28. The Morgan fingerprint density at radius 3 is 2.61 bits per heavy atom. The van der Waals surface area contributed by atoms with Gasteiger partial charge >= 0.3 is 0 Å². The quantitative estimate of drug-likeness (QED) is 0.246. The Kier molecular flexibility index (Phi) is 7.89. The summed E-state index contributed by atoms with van der Waals surface area (Å²) in [5, 5.41) is 0.572. The first kappa shape index (κ1) is 29.8. The van der Waals surface area contributed by atoms with Gasteiger partial charge in [-0.1, -0.05) is 12.1 Å². The zero-order valence-electron chi connectivity index (χ0n) is 26.0. The molecule has 0 unspecified atom stereocenters. The van der Waals surface area contributed by atoms with Gasteiger partial charge < -0.3 is 23.5 Å². The number of fused-ring (bicyclic) bond motifs is 2. The van der Waals surface area contributed by atoms with E-state index in [9.17, 15) is 14.4 Å². The molecule has 10 heteroatoms. The highest BCUT2D eigenvalue weighted by Gasteiger charge is 2.49. The summed E-state index contributed by atoms with van der Waals surface area (Å²) in [7, 11) is 3.41. The van der Waals surface area contributed by atoms with E-state index in [1.165, 1.54) is 0 Å². The van der Waals surface area contributed by atoms with E-state index in [1.807, 2.05) is 48.4 Å². The van der Waals surface area contributed by atoms with Crippen LogP contribution in [0.15, 0.2) is 64.3 Å². The molecule has 6 rings (SSSR count). The van der Waals surface area contributed by atoms with Gasteiger partial charge in [0.05, 0.1) is 35.3 Å². The van der Waals surface area contributed by atoms with E-state index in [0.717, 1.165) is 46.6 Å². The maximum Gasteiger partial charge on any atom is 0.261 e. The molecule has 0 atom stereocenters. The third kappa shape index (κ3) is 5.44. The van der Waals surface area contributed by atoms with Gasteiger partial charge in [0.25, 0.3) is 5.56 Å². The third-order valence-electron chi connectivity index (χ3n) is 8.75. The van der Waals surface area contributed by atoms with Crippen LogP contribution in [0.4, 0.5) is 11.4 Å². The molecule has 1 aromatic carbocycles. The molecule has 2 amide bonds. The SMILES string of the molecule is COCc1ncccc1CN(CCn1cc(C)c2occc2c1=O)Cc1ccc2c(c1)N(C)C(=O)C(C)(C)C(=O)N2C1CC1. The Morgan fingerprint density at radius 2 is 1.86 bits per heavy atom. The second kappa shape index (κ2) is 11.7. The van der Waals surface area contributed by atoms with Crippen molar-refractivity contribution < 1.29 is 18.7 Å². The Hall–Kier alpha value is -4.28. The first-order valence-electron chi connectivity index (χ1n) is 15.1. The van der Waals surface area contributed by atoms with E-state index in [4.69, 9.17) is 9.15 Å². The molecule has 1 aliphatic carbocycles. The Balaban J connectivity index is 1.33. The van der Waals surface area contributed by atoms with Crippen LogP contribution in [-0.2, 0) is 40.6 Å². The van der Waals surface area contributed by atoms with Crippen LogP contribution in [0.3, 0.4) is 0 Å². The van der Waals surface area contributed by atoms with Crippen LogP contribution >= 0.6 is 0 Å². The van der Waals surface area contributed by atoms with Crippen molar-refractivity contribution >= 4 is 34.2 Å². The van der Waals surface area contributed by atoms with Crippen molar-refractivity contribution in [3.05, 3.63) is 87.8 Å². The standard InChI is InChI=1S/C34H39N5O5/c1-22-18-38(31(40)26-12-16-44-30(22)26)15-14-37(20-24-7-6-13-35-27(24)21-43-5)19-23-8-11-28-29(17-23)36(4)32(41)34(2,3)33(42)39(28)25-9-10-25/h6-8,11-13,16-18,25H,9-10,14-15,19-21H2,1-5H3. The van der Waals surface area contributed by atoms with Gasteiger partial charge in [-0.3, -0.25) is 24.3 Å². The van der Waals surface area contributed by atoms with Gasteiger partial charge in [-0.25, -0.2) is 0 Å². The molecular formula is C34H39N5O5. The number of carbonyl (C=O) groups is 2. The lowest BCUT2D eigenvalue weighted by atomic mass is 9.90. The number of hydrogen-bond donors (Lipinski definition) is 0. The van der Waals surface area contributed by atoms with Crippen LogP contribution in [0.25, 0.3) is 11.0 Å². The van der Waals surface area contributed by atoms with Gasteiger partial charge in [0.15, 0.2) is 0 Å². The summed E-state index contributed by atoms with van der Waals surface area (Å²) in [6, 6.07) is 11.9. The average Bonchev–Trinajstić information content (AvgIpc) is 3.72. The highest BCUT2D eigenvalue weighted by atomic mass is 16.5. The van der Waals surface area contributed by atoms with Gasteiger partial charge in [0, 0.05) is 64.3 Å². The Morgan fingerprint density at radius 1 is 1.07 bits per heavy atom. The molecule has 4 heterocycles. The maximum atomic E-state index is 13.6. The van der Waals surface area contributed by atoms with Crippen LogP contribution in [0.1, 0.15) is 49.1 Å². The summed E-state index contributed by atoms with van der Waals surface area (Å²) in [5.74, 6) is -0.368. The van der Waals surface area contributed by atoms with Crippen molar-refractivity contribution in [2.45, 2.75) is 65.9 Å². The maximum absolute atomic E-state index is 13.6. The van der Waals surface area contributed by atoms with E-state index in [2.05, 4.69) is 9.88 Å². The van der Waals surface area contributed by atoms with Crippen molar-refractivity contribution in [1.29, 1.82) is 0 Å². The highest BCUT2D eigenvalue weighted by molar-refractivity contribution is 6.20. The first-order valence-corrected chi connectivity index (χ1v) is 15.1. The Labute approximate surface area is 256 Å². The van der Waals surface area contributed by atoms with E-state index in [0.29, 0.717) is 43.8 Å². The molecule has 230 valence electrons. The number of furan rings is 1. The van der Waals surface area contributed by atoms with Crippen molar-refractivity contribution in [1.82, 2.24) is 14.5 Å². The van der Waals surface area contributed by atoms with Crippen LogP contribution < -0.4 is 15.4 Å². The third-order valence-corrected chi connectivity index (χ3v) is 8.75. The molecular weight excluding hydrogens is 558 g/mol. The average molecular weight is 598 g/mol. The monoisotopic (exact) mass is 597 g/mol. The molecule has 0 N–H and O–H groups in total. The number of aryl methyl sites for hydroxylation is 1. The van der Waals surface area contributed by atoms with Gasteiger partial charge in [0.2, 0.25) is 11.8 Å². The van der Waals surface area contributed by atoms with Crippen molar-refractivity contribution in [2.24, 2.45) is 5.41 Å². The molecule has 44 heavy (non-hydrogen) atoms. The minimum absolute atomic E-state index is 0.0848. The zero-order valence-corrected chi connectivity index (χ0v) is 26.0. The summed E-state index contributed by atoms with van der Waals surface area (Å²) in [5.41, 5.74) is 4.70. The zero-order chi connectivity index (χ0) is 31.2. The normalized spacial score (nSPS) is 16.6. The number of amides is 2. The van der Waals surface area contributed by atoms with E-state index >= 15 is 0 Å². The minimum Gasteiger partial charge on any atom is -0.464 e. The fourth-order valence-corrected chi connectivity index (χ4v) is 6.16. The van der Waals surface area contributed by atoms with Crippen LogP contribution in [0.5, 0.6) is 0 Å².